The number of aryl methyl sites for hydroxylation is 1. The van der Waals surface area contributed by atoms with E-state index in [1.807, 2.05) is 4.90 Å². The molecule has 0 bridgehead atoms. The fraction of sp³-hybridized carbons (Fsp3) is 0.562. The zero-order valence-electron chi connectivity index (χ0n) is 13.7. The van der Waals surface area contributed by atoms with Crippen molar-refractivity contribution in [1.29, 1.82) is 0 Å². The molecule has 6 nitrogen and oxygen atoms in total. The van der Waals surface area contributed by atoms with Crippen LogP contribution in [0.1, 0.15) is 18.4 Å². The van der Waals surface area contributed by atoms with E-state index in [-0.39, 0.29) is 21.9 Å². The molecule has 1 N–H and O–H groups in total. The maximum atomic E-state index is 13.0. The third-order valence-corrected chi connectivity index (χ3v) is 7.22. The molecule has 1 aromatic carbocycles. The van der Waals surface area contributed by atoms with Gasteiger partial charge in [0.1, 0.15) is 4.90 Å². The van der Waals surface area contributed by atoms with Gasteiger partial charge in [0.25, 0.3) is 0 Å². The number of amides is 1. The molecule has 2 heterocycles. The Labute approximate surface area is 147 Å². The molecule has 8 heteroatoms. The van der Waals surface area contributed by atoms with Crippen LogP contribution in [-0.4, -0.2) is 62.3 Å². The number of piperidine rings is 1. The Bertz CT molecular complexity index is 738. The van der Waals surface area contributed by atoms with Crippen molar-refractivity contribution in [3.05, 3.63) is 28.8 Å². The molecule has 24 heavy (non-hydrogen) atoms. The molecule has 2 aliphatic rings. The van der Waals surface area contributed by atoms with Crippen LogP contribution in [0.25, 0.3) is 0 Å². The second-order valence-corrected chi connectivity index (χ2v) is 8.59. The smallest absolute Gasteiger partial charge is 0.244 e. The molecule has 0 saturated carbocycles. The lowest BCUT2D eigenvalue weighted by atomic mass is 10.1. The molecule has 1 amide bonds. The van der Waals surface area contributed by atoms with E-state index in [1.165, 1.54) is 4.31 Å². The first-order valence-electron chi connectivity index (χ1n) is 8.16. The van der Waals surface area contributed by atoms with E-state index >= 15 is 0 Å². The largest absolute Gasteiger partial charge is 0.336 e. The highest BCUT2D eigenvalue weighted by Gasteiger charge is 2.36. The second-order valence-electron chi connectivity index (χ2n) is 6.31. The lowest BCUT2D eigenvalue weighted by molar-refractivity contribution is -0.135. The lowest BCUT2D eigenvalue weighted by Gasteiger charge is -2.40. The minimum atomic E-state index is -3.66. The van der Waals surface area contributed by atoms with Crippen molar-refractivity contribution in [3.63, 3.8) is 0 Å². The molecule has 2 aliphatic heterocycles. The van der Waals surface area contributed by atoms with E-state index in [2.05, 4.69) is 5.32 Å². The molecular weight excluding hydrogens is 350 g/mol. The standard InChI is InChI=1S/C16H22ClN3O3S/c1-12-4-2-6-14(16(12)17)24(22,23)19-8-3-5-13(11-19)20-9-7-18-10-15(20)21/h2,4,6,13,18H,3,5,7-11H2,1H3. The van der Waals surface area contributed by atoms with Crippen molar-refractivity contribution in [2.45, 2.75) is 30.7 Å². The van der Waals surface area contributed by atoms with Gasteiger partial charge in [-0.25, -0.2) is 8.42 Å². The number of rotatable bonds is 3. The first-order chi connectivity index (χ1) is 11.4. The zero-order valence-corrected chi connectivity index (χ0v) is 15.2. The lowest BCUT2D eigenvalue weighted by Crippen LogP contribution is -2.57. The topological polar surface area (TPSA) is 69.7 Å². The highest BCUT2D eigenvalue weighted by molar-refractivity contribution is 7.89. The van der Waals surface area contributed by atoms with Crippen LogP contribution < -0.4 is 5.32 Å². The maximum Gasteiger partial charge on any atom is 0.244 e. The number of sulfonamides is 1. The number of benzene rings is 1. The maximum absolute atomic E-state index is 13.0. The fourth-order valence-electron chi connectivity index (χ4n) is 3.36. The Morgan fingerprint density at radius 1 is 1.29 bits per heavy atom. The van der Waals surface area contributed by atoms with Crippen molar-refractivity contribution >= 4 is 27.5 Å². The SMILES string of the molecule is Cc1cccc(S(=O)(=O)N2CCCC(N3CCNCC3=O)C2)c1Cl. The van der Waals surface area contributed by atoms with Gasteiger partial charge in [0.15, 0.2) is 0 Å². The molecule has 1 atom stereocenters. The summed E-state index contributed by atoms with van der Waals surface area (Å²) in [6.07, 6.45) is 1.57. The number of carbonyl (C=O) groups excluding carboxylic acids is 1. The van der Waals surface area contributed by atoms with E-state index in [4.69, 9.17) is 11.6 Å². The molecule has 0 aliphatic carbocycles. The summed E-state index contributed by atoms with van der Waals surface area (Å²) in [5.41, 5.74) is 0.739. The molecule has 132 valence electrons. The average molecular weight is 372 g/mol. The second kappa shape index (κ2) is 7.00. The number of halogens is 1. The molecule has 2 saturated heterocycles. The number of nitrogens with one attached hydrogen (secondary N) is 1. The quantitative estimate of drug-likeness (QED) is 0.867. The highest BCUT2D eigenvalue weighted by atomic mass is 35.5. The predicted molar refractivity (Wildman–Crippen MR) is 92.6 cm³/mol. The summed E-state index contributed by atoms with van der Waals surface area (Å²) in [6.45, 7) is 4.29. The van der Waals surface area contributed by atoms with E-state index in [1.54, 1.807) is 25.1 Å². The van der Waals surface area contributed by atoms with Gasteiger partial charge in [-0.05, 0) is 31.4 Å². The van der Waals surface area contributed by atoms with Crippen molar-refractivity contribution in [3.8, 4) is 0 Å². The number of carbonyl (C=O) groups is 1. The molecule has 2 fully saturated rings. The summed E-state index contributed by atoms with van der Waals surface area (Å²) in [5, 5.41) is 3.32. The fourth-order valence-corrected chi connectivity index (χ4v) is 5.43. The Kier molecular flexibility index (Phi) is 5.15. The van der Waals surface area contributed by atoms with Crippen LogP contribution in [0.15, 0.2) is 23.1 Å². The van der Waals surface area contributed by atoms with Gasteiger partial charge in [0, 0.05) is 32.2 Å². The third kappa shape index (κ3) is 3.31. The molecule has 0 spiro atoms. The predicted octanol–water partition coefficient (Wildman–Crippen LogP) is 1.23. The van der Waals surface area contributed by atoms with Crippen LogP contribution in [-0.2, 0) is 14.8 Å². The Morgan fingerprint density at radius 2 is 2.08 bits per heavy atom. The molecule has 0 aromatic heterocycles. The summed E-state index contributed by atoms with van der Waals surface area (Å²) in [5.74, 6) is 0.0408. The number of piperazine rings is 1. The van der Waals surface area contributed by atoms with Gasteiger partial charge in [0.2, 0.25) is 15.9 Å². The van der Waals surface area contributed by atoms with Gasteiger partial charge in [-0.1, -0.05) is 23.7 Å². The summed E-state index contributed by atoms with van der Waals surface area (Å²) in [4.78, 5) is 14.1. The van der Waals surface area contributed by atoms with E-state index in [9.17, 15) is 13.2 Å². The van der Waals surface area contributed by atoms with Gasteiger partial charge in [0.05, 0.1) is 11.6 Å². The van der Waals surface area contributed by atoms with Crippen LogP contribution in [0.2, 0.25) is 5.02 Å². The molecule has 3 rings (SSSR count). The van der Waals surface area contributed by atoms with Crippen molar-refractivity contribution in [1.82, 2.24) is 14.5 Å². The van der Waals surface area contributed by atoms with Crippen LogP contribution in [0.5, 0.6) is 0 Å². The first-order valence-corrected chi connectivity index (χ1v) is 9.98. The first kappa shape index (κ1) is 17.7. The summed E-state index contributed by atoms with van der Waals surface area (Å²) in [6, 6.07) is 4.98. The average Bonchev–Trinajstić information content (AvgIpc) is 2.58. The Morgan fingerprint density at radius 3 is 2.83 bits per heavy atom. The summed E-state index contributed by atoms with van der Waals surface area (Å²) < 4.78 is 27.5. The van der Waals surface area contributed by atoms with E-state index < -0.39 is 10.0 Å². The van der Waals surface area contributed by atoms with Gasteiger partial charge in [-0.3, -0.25) is 4.79 Å². The molecule has 1 aromatic rings. The number of hydrogen-bond acceptors (Lipinski definition) is 4. The van der Waals surface area contributed by atoms with Crippen LogP contribution >= 0.6 is 11.6 Å². The van der Waals surface area contributed by atoms with Crippen molar-refractivity contribution in [2.24, 2.45) is 0 Å². The molecule has 1 unspecified atom stereocenters. The normalized spacial score (nSPS) is 23.5. The summed E-state index contributed by atoms with van der Waals surface area (Å²) >= 11 is 6.23. The van der Waals surface area contributed by atoms with Gasteiger partial charge >= 0.3 is 0 Å². The van der Waals surface area contributed by atoms with Crippen LogP contribution in [0.4, 0.5) is 0 Å². The molecular formula is C16H22ClN3O3S. The minimum absolute atomic E-state index is 0.0408. The minimum Gasteiger partial charge on any atom is -0.336 e. The van der Waals surface area contributed by atoms with E-state index in [0.717, 1.165) is 24.9 Å². The molecule has 0 radical (unpaired) electrons. The number of hydrogen-bond donors (Lipinski definition) is 1. The van der Waals surface area contributed by atoms with Crippen molar-refractivity contribution < 1.29 is 13.2 Å². The van der Waals surface area contributed by atoms with Gasteiger partial charge in [-0.2, -0.15) is 4.31 Å². The number of nitrogens with zero attached hydrogens (tertiary/aromatic N) is 2. The Balaban J connectivity index is 1.83. The van der Waals surface area contributed by atoms with Crippen LogP contribution in [0, 0.1) is 6.92 Å². The van der Waals surface area contributed by atoms with Gasteiger partial charge < -0.3 is 10.2 Å². The van der Waals surface area contributed by atoms with E-state index in [0.29, 0.717) is 26.2 Å². The summed E-state index contributed by atoms with van der Waals surface area (Å²) in [7, 11) is -3.66. The van der Waals surface area contributed by atoms with Crippen LogP contribution in [0.3, 0.4) is 0 Å². The zero-order chi connectivity index (χ0) is 17.3. The van der Waals surface area contributed by atoms with Gasteiger partial charge in [-0.15, -0.1) is 0 Å². The monoisotopic (exact) mass is 371 g/mol. The highest BCUT2D eigenvalue weighted by Crippen LogP contribution is 2.30. The van der Waals surface area contributed by atoms with Crippen molar-refractivity contribution in [2.75, 3.05) is 32.7 Å². The third-order valence-electron chi connectivity index (χ3n) is 4.70. The Hall–Kier alpha value is -1.15.